The Morgan fingerprint density at radius 3 is 2.86 bits per heavy atom. The summed E-state index contributed by atoms with van der Waals surface area (Å²) in [7, 11) is 0. The standard InChI is InChI=1S/C18H19F2N5O2S/c19-17(20)15-16(28-11-23-15)14(9-24-26)25-6-3-12(4-7-25)10-27-18-13(8-21)2-1-5-22-18/h1-2,5,11-12,14,17H,3-4,6-7,9-10H2. The highest BCUT2D eigenvalue weighted by Gasteiger charge is 2.31. The molecule has 28 heavy (non-hydrogen) atoms. The van der Waals surface area contributed by atoms with Crippen molar-refractivity contribution in [3.63, 3.8) is 0 Å². The summed E-state index contributed by atoms with van der Waals surface area (Å²) >= 11 is 1.14. The van der Waals surface area contributed by atoms with Crippen molar-refractivity contribution in [1.29, 1.82) is 5.26 Å². The van der Waals surface area contributed by atoms with E-state index in [2.05, 4.69) is 15.1 Å². The van der Waals surface area contributed by atoms with Gasteiger partial charge in [-0.25, -0.2) is 18.7 Å². The molecule has 3 rings (SSSR count). The van der Waals surface area contributed by atoms with Crippen LogP contribution in [-0.4, -0.2) is 41.1 Å². The fourth-order valence-electron chi connectivity index (χ4n) is 3.33. The van der Waals surface area contributed by atoms with E-state index in [1.165, 1.54) is 5.51 Å². The van der Waals surface area contributed by atoms with Crippen LogP contribution in [-0.2, 0) is 0 Å². The lowest BCUT2D eigenvalue weighted by Crippen LogP contribution is -2.39. The lowest BCUT2D eigenvalue weighted by atomic mass is 9.96. The Balaban J connectivity index is 1.59. The number of halogens is 2. The molecule has 0 aromatic carbocycles. The third-order valence-corrected chi connectivity index (χ3v) is 5.76. The number of likely N-dealkylation sites (tertiary alicyclic amines) is 1. The number of piperidine rings is 1. The van der Waals surface area contributed by atoms with Crippen LogP contribution in [0, 0.1) is 22.2 Å². The molecule has 0 aliphatic carbocycles. The second-order valence-corrected chi connectivity index (χ2v) is 7.37. The summed E-state index contributed by atoms with van der Waals surface area (Å²) in [5.74, 6) is 0.576. The Kier molecular flexibility index (Phi) is 6.95. The van der Waals surface area contributed by atoms with Crippen molar-refractivity contribution in [2.45, 2.75) is 25.3 Å². The van der Waals surface area contributed by atoms with Crippen LogP contribution in [0.5, 0.6) is 5.88 Å². The van der Waals surface area contributed by atoms with Gasteiger partial charge in [-0.15, -0.1) is 11.3 Å². The number of ether oxygens (including phenoxy) is 1. The molecule has 0 bridgehead atoms. The highest BCUT2D eigenvalue weighted by atomic mass is 32.1. The molecular formula is C18H19F2N5O2S. The van der Waals surface area contributed by atoms with E-state index in [4.69, 9.17) is 10.00 Å². The predicted octanol–water partition coefficient (Wildman–Crippen LogP) is 3.95. The number of nitroso groups, excluding NO2 is 1. The van der Waals surface area contributed by atoms with Gasteiger partial charge in [-0.1, -0.05) is 5.18 Å². The van der Waals surface area contributed by atoms with Gasteiger partial charge in [0.15, 0.2) is 0 Å². The van der Waals surface area contributed by atoms with Crippen LogP contribution in [0.15, 0.2) is 29.0 Å². The molecule has 1 aliphatic heterocycles. The van der Waals surface area contributed by atoms with Crippen LogP contribution in [0.2, 0.25) is 0 Å². The van der Waals surface area contributed by atoms with Gasteiger partial charge in [-0.05, 0) is 44.0 Å². The van der Waals surface area contributed by atoms with E-state index in [-0.39, 0.29) is 18.2 Å². The molecule has 1 aliphatic rings. The van der Waals surface area contributed by atoms with E-state index in [1.54, 1.807) is 18.3 Å². The van der Waals surface area contributed by atoms with Gasteiger partial charge in [0.05, 0.1) is 23.0 Å². The molecule has 0 radical (unpaired) electrons. The monoisotopic (exact) mass is 407 g/mol. The quantitative estimate of drug-likeness (QED) is 0.616. The minimum absolute atomic E-state index is 0.0808. The Morgan fingerprint density at radius 1 is 1.39 bits per heavy atom. The third-order valence-electron chi connectivity index (χ3n) is 4.82. The van der Waals surface area contributed by atoms with Crippen molar-refractivity contribution in [3.05, 3.63) is 44.9 Å². The summed E-state index contributed by atoms with van der Waals surface area (Å²) in [5, 5.41) is 12.0. The molecule has 1 fully saturated rings. The molecule has 1 atom stereocenters. The average molecular weight is 407 g/mol. The first-order valence-electron chi connectivity index (χ1n) is 8.86. The van der Waals surface area contributed by atoms with E-state index in [0.717, 1.165) is 24.2 Å². The second-order valence-electron chi connectivity index (χ2n) is 6.49. The number of hydrogen-bond donors (Lipinski definition) is 0. The SMILES string of the molecule is N#Cc1cccnc1OCC1CCN(C(CN=O)c2scnc2C(F)F)CC1. The van der Waals surface area contributed by atoms with Gasteiger partial charge in [0.1, 0.15) is 23.9 Å². The first kappa shape index (κ1) is 20.2. The fourth-order valence-corrected chi connectivity index (χ4v) is 4.25. The van der Waals surface area contributed by atoms with Gasteiger partial charge >= 0.3 is 0 Å². The molecule has 1 saturated heterocycles. The lowest BCUT2D eigenvalue weighted by molar-refractivity contribution is 0.104. The Hall–Kier alpha value is -2.51. The van der Waals surface area contributed by atoms with Crippen molar-refractivity contribution in [1.82, 2.24) is 14.9 Å². The van der Waals surface area contributed by atoms with Crippen molar-refractivity contribution >= 4 is 11.3 Å². The van der Waals surface area contributed by atoms with Gasteiger partial charge in [0.2, 0.25) is 5.88 Å². The van der Waals surface area contributed by atoms with E-state index in [1.807, 2.05) is 11.0 Å². The van der Waals surface area contributed by atoms with Crippen molar-refractivity contribution in [3.8, 4) is 11.9 Å². The Bertz CT molecular complexity index is 833. The van der Waals surface area contributed by atoms with Crippen LogP contribution >= 0.6 is 11.3 Å². The molecular weight excluding hydrogens is 388 g/mol. The Morgan fingerprint density at radius 2 is 2.18 bits per heavy atom. The molecule has 1 unspecified atom stereocenters. The number of thiazole rings is 1. The topological polar surface area (TPSA) is 91.5 Å². The van der Waals surface area contributed by atoms with Gasteiger partial charge < -0.3 is 4.74 Å². The molecule has 2 aromatic heterocycles. The van der Waals surface area contributed by atoms with Crippen molar-refractivity contribution < 1.29 is 13.5 Å². The zero-order valence-electron chi connectivity index (χ0n) is 15.0. The van der Waals surface area contributed by atoms with Crippen LogP contribution in [0.1, 0.15) is 41.4 Å². The first-order valence-corrected chi connectivity index (χ1v) is 9.74. The van der Waals surface area contributed by atoms with Crippen molar-refractivity contribution in [2.75, 3.05) is 26.2 Å². The Labute approximate surface area is 165 Å². The highest BCUT2D eigenvalue weighted by molar-refractivity contribution is 7.09. The number of hydrogen-bond acceptors (Lipinski definition) is 8. The minimum atomic E-state index is -2.67. The third kappa shape index (κ3) is 4.66. The summed E-state index contributed by atoms with van der Waals surface area (Å²) in [5.41, 5.74) is 1.51. The van der Waals surface area contributed by atoms with E-state index in [0.29, 0.717) is 36.0 Å². The highest BCUT2D eigenvalue weighted by Crippen LogP contribution is 2.35. The lowest BCUT2D eigenvalue weighted by Gasteiger charge is -2.36. The molecule has 3 heterocycles. The van der Waals surface area contributed by atoms with E-state index in [9.17, 15) is 13.7 Å². The van der Waals surface area contributed by atoms with Crippen LogP contribution in [0.3, 0.4) is 0 Å². The molecule has 148 valence electrons. The fraction of sp³-hybridized carbons (Fsp3) is 0.500. The van der Waals surface area contributed by atoms with Gasteiger partial charge in [0.25, 0.3) is 6.43 Å². The molecule has 0 saturated carbocycles. The molecule has 10 heteroatoms. The summed E-state index contributed by atoms with van der Waals surface area (Å²) in [6, 6.07) is 4.90. The van der Waals surface area contributed by atoms with Gasteiger partial charge in [-0.2, -0.15) is 10.2 Å². The number of nitrogens with zero attached hydrogens (tertiary/aromatic N) is 5. The maximum absolute atomic E-state index is 13.2. The molecule has 0 spiro atoms. The second kappa shape index (κ2) is 9.61. The van der Waals surface area contributed by atoms with Gasteiger partial charge in [-0.3, -0.25) is 4.90 Å². The summed E-state index contributed by atoms with van der Waals surface area (Å²) in [6.07, 6.45) is 0.472. The number of rotatable bonds is 8. The maximum atomic E-state index is 13.2. The zero-order valence-corrected chi connectivity index (χ0v) is 15.8. The molecule has 2 aromatic rings. The number of alkyl halides is 2. The average Bonchev–Trinajstić information content (AvgIpc) is 3.21. The van der Waals surface area contributed by atoms with E-state index < -0.39 is 12.5 Å². The van der Waals surface area contributed by atoms with Crippen LogP contribution in [0.4, 0.5) is 8.78 Å². The largest absolute Gasteiger partial charge is 0.476 e. The number of aromatic nitrogens is 2. The minimum Gasteiger partial charge on any atom is -0.476 e. The zero-order chi connectivity index (χ0) is 19.9. The van der Waals surface area contributed by atoms with Crippen LogP contribution < -0.4 is 4.74 Å². The first-order chi connectivity index (χ1) is 13.6. The summed E-state index contributed by atoms with van der Waals surface area (Å²) in [4.78, 5) is 21.1. The summed E-state index contributed by atoms with van der Waals surface area (Å²) < 4.78 is 32.1. The number of nitriles is 1. The van der Waals surface area contributed by atoms with Gasteiger partial charge in [0, 0.05) is 6.20 Å². The smallest absolute Gasteiger partial charge is 0.281 e. The predicted molar refractivity (Wildman–Crippen MR) is 99.2 cm³/mol. The molecule has 7 nitrogen and oxygen atoms in total. The number of pyridine rings is 1. The summed E-state index contributed by atoms with van der Waals surface area (Å²) in [6.45, 7) is 1.63. The maximum Gasteiger partial charge on any atom is 0.281 e. The molecule has 0 amide bonds. The van der Waals surface area contributed by atoms with E-state index >= 15 is 0 Å². The van der Waals surface area contributed by atoms with Crippen LogP contribution in [0.25, 0.3) is 0 Å². The molecule has 0 N–H and O–H groups in total. The van der Waals surface area contributed by atoms with Crippen molar-refractivity contribution in [2.24, 2.45) is 11.1 Å². The normalized spacial score (nSPS) is 16.6.